The maximum atomic E-state index is 5.27. The van der Waals surface area contributed by atoms with Crippen LogP contribution in [0.15, 0.2) is 182 Å². The smallest absolute Gasteiger partial charge is 0.238 e. The van der Waals surface area contributed by atoms with E-state index in [1.54, 1.807) is 11.3 Å². The first-order valence-electron chi connectivity index (χ1n) is 18.2. The van der Waals surface area contributed by atoms with Gasteiger partial charge in [-0.2, -0.15) is 9.97 Å². The lowest BCUT2D eigenvalue weighted by molar-refractivity contribution is 0.953. The van der Waals surface area contributed by atoms with Gasteiger partial charge in [-0.1, -0.05) is 169 Å². The topological polar surface area (TPSA) is 60.9 Å². The van der Waals surface area contributed by atoms with Crippen molar-refractivity contribution in [2.45, 2.75) is 0 Å². The number of aromatic nitrogens is 6. The summed E-state index contributed by atoms with van der Waals surface area (Å²) in [5, 5.41) is 2.22. The van der Waals surface area contributed by atoms with E-state index in [1.165, 1.54) is 32.5 Å². The number of fused-ring (bicyclic) bond motifs is 6. The van der Waals surface area contributed by atoms with Crippen LogP contribution in [0.3, 0.4) is 0 Å². The van der Waals surface area contributed by atoms with Gasteiger partial charge in [0.25, 0.3) is 0 Å². The molecular weight excluding hydrogens is 693 g/mol. The molecule has 0 saturated carbocycles. The lowest BCUT2D eigenvalue weighted by Crippen LogP contribution is -2.06. The number of hydrogen-bond acceptors (Lipinski definition) is 5. The second-order valence-corrected chi connectivity index (χ2v) is 14.5. The minimum atomic E-state index is 0.572. The molecule has 0 spiro atoms. The molecule has 11 aromatic rings. The van der Waals surface area contributed by atoms with Gasteiger partial charge in [0.2, 0.25) is 5.95 Å². The normalized spacial score (nSPS) is 11.6. The maximum absolute atomic E-state index is 5.27. The van der Waals surface area contributed by atoms with Crippen LogP contribution in [-0.4, -0.2) is 28.9 Å². The van der Waals surface area contributed by atoms with Crippen LogP contribution in [0.25, 0.3) is 99.2 Å². The summed E-state index contributed by atoms with van der Waals surface area (Å²) in [6.07, 6.45) is 2.19. The first-order valence-corrected chi connectivity index (χ1v) is 19.0. The minimum absolute atomic E-state index is 0.572. The molecule has 0 fully saturated rings. The highest BCUT2D eigenvalue weighted by Gasteiger charge is 2.21. The van der Waals surface area contributed by atoms with Crippen LogP contribution in [0.1, 0.15) is 0 Å². The third-order valence-electron chi connectivity index (χ3n) is 10.3. The van der Waals surface area contributed by atoms with Gasteiger partial charge in [-0.15, -0.1) is 0 Å². The summed E-state index contributed by atoms with van der Waals surface area (Å²) in [6, 6.07) is 61.0. The molecule has 0 N–H and O–H groups in total. The molecule has 4 aromatic heterocycles. The average molecular weight is 723 g/mol. The Kier molecular flexibility index (Phi) is 7.25. The summed E-state index contributed by atoms with van der Waals surface area (Å²) < 4.78 is 5.66. The zero-order valence-electron chi connectivity index (χ0n) is 29.4. The molecule has 0 aliphatic carbocycles. The van der Waals surface area contributed by atoms with Gasteiger partial charge in [0, 0.05) is 44.8 Å². The summed E-state index contributed by atoms with van der Waals surface area (Å²) in [6.45, 7) is 0. The number of rotatable bonds is 6. The van der Waals surface area contributed by atoms with Gasteiger partial charge in [0.05, 0.1) is 26.9 Å². The molecule has 4 heterocycles. The van der Waals surface area contributed by atoms with Crippen LogP contribution in [0.5, 0.6) is 0 Å². The minimum Gasteiger partial charge on any atom is -0.289 e. The van der Waals surface area contributed by atoms with Crippen molar-refractivity contribution in [1.29, 1.82) is 0 Å². The van der Waals surface area contributed by atoms with Crippen molar-refractivity contribution in [3.63, 3.8) is 0 Å². The largest absolute Gasteiger partial charge is 0.289 e. The van der Waals surface area contributed by atoms with Gasteiger partial charge in [-0.05, 0) is 29.3 Å². The molecule has 7 heteroatoms. The molecule has 11 rings (SSSR count). The highest BCUT2D eigenvalue weighted by molar-refractivity contribution is 7.24. The SMILES string of the molecule is c1ccc(-c2nc(-c3ccccc3)nc(-n3c4ccccc4c4cc(-c5cn6c(n5)sc5c(-c7ccccc7)ccc(-c7ccccc7)c56)ccc43)n2)cc1. The van der Waals surface area contributed by atoms with Crippen LogP contribution in [-0.2, 0) is 0 Å². The van der Waals surface area contributed by atoms with Crippen molar-refractivity contribution in [1.82, 2.24) is 28.9 Å². The number of thiazole rings is 1. The highest BCUT2D eigenvalue weighted by atomic mass is 32.1. The van der Waals surface area contributed by atoms with Gasteiger partial charge >= 0.3 is 0 Å². The molecule has 0 amide bonds. The van der Waals surface area contributed by atoms with Crippen molar-refractivity contribution in [2.24, 2.45) is 0 Å². The Morgan fingerprint density at radius 3 is 1.62 bits per heavy atom. The van der Waals surface area contributed by atoms with Crippen molar-refractivity contribution < 1.29 is 0 Å². The van der Waals surface area contributed by atoms with Gasteiger partial charge < -0.3 is 0 Å². The van der Waals surface area contributed by atoms with Crippen LogP contribution < -0.4 is 0 Å². The summed E-state index contributed by atoms with van der Waals surface area (Å²) >= 11 is 1.74. The fraction of sp³-hybridized carbons (Fsp3) is 0. The molecule has 55 heavy (non-hydrogen) atoms. The van der Waals surface area contributed by atoms with Crippen molar-refractivity contribution in [3.8, 4) is 62.2 Å². The van der Waals surface area contributed by atoms with Crippen molar-refractivity contribution in [3.05, 3.63) is 182 Å². The Bertz CT molecular complexity index is 3130. The first-order chi connectivity index (χ1) is 27.3. The summed E-state index contributed by atoms with van der Waals surface area (Å²) in [7, 11) is 0. The van der Waals surface area contributed by atoms with E-state index < -0.39 is 0 Å². The van der Waals surface area contributed by atoms with Crippen molar-refractivity contribution >= 4 is 48.3 Å². The van der Waals surface area contributed by atoms with E-state index in [2.05, 4.69) is 130 Å². The van der Waals surface area contributed by atoms with Crippen LogP contribution >= 0.6 is 11.3 Å². The predicted octanol–water partition coefficient (Wildman–Crippen LogP) is 12.2. The van der Waals surface area contributed by atoms with Crippen LogP contribution in [0, 0.1) is 0 Å². The fourth-order valence-corrected chi connectivity index (χ4v) is 8.85. The molecule has 7 aromatic carbocycles. The Labute approximate surface area is 320 Å². The maximum Gasteiger partial charge on any atom is 0.238 e. The monoisotopic (exact) mass is 722 g/mol. The molecule has 0 aliphatic rings. The van der Waals surface area contributed by atoms with E-state index in [-0.39, 0.29) is 0 Å². The fourth-order valence-electron chi connectivity index (χ4n) is 7.68. The molecule has 0 unspecified atom stereocenters. The van der Waals surface area contributed by atoms with E-state index >= 15 is 0 Å². The zero-order valence-corrected chi connectivity index (χ0v) is 30.2. The Hall–Kier alpha value is -7.22. The van der Waals surface area contributed by atoms with E-state index in [1.807, 2.05) is 60.7 Å². The Morgan fingerprint density at radius 1 is 0.418 bits per heavy atom. The van der Waals surface area contributed by atoms with Crippen molar-refractivity contribution in [2.75, 3.05) is 0 Å². The Morgan fingerprint density at radius 2 is 0.964 bits per heavy atom. The standard InChI is InChI=1S/C48H30N6S/c1-5-15-31(16-6-1)36-26-27-37(32-17-7-2-8-18-32)44-43(36)53-30-40(49-48(53)55-44)35-25-28-42-39(29-35)38-23-13-14-24-41(38)54(42)47-51-45(33-19-9-3-10-20-33)50-46(52-47)34-21-11-4-12-22-34/h1-30H. The van der Waals surface area contributed by atoms with Gasteiger partial charge in [-0.25, -0.2) is 9.97 Å². The van der Waals surface area contributed by atoms with Gasteiger partial charge in [0.15, 0.2) is 16.6 Å². The number of imidazole rings is 1. The molecule has 6 nitrogen and oxygen atoms in total. The lowest BCUT2D eigenvalue weighted by atomic mass is 9.99. The van der Waals surface area contributed by atoms with Crippen LogP contribution in [0.2, 0.25) is 0 Å². The number of nitrogens with zero attached hydrogens (tertiary/aromatic N) is 6. The van der Waals surface area contributed by atoms with E-state index in [9.17, 15) is 0 Å². The average Bonchev–Trinajstić information content (AvgIpc) is 3.94. The second kappa shape index (κ2) is 12.7. The highest BCUT2D eigenvalue weighted by Crippen LogP contribution is 2.42. The van der Waals surface area contributed by atoms with E-state index in [4.69, 9.17) is 19.9 Å². The lowest BCUT2D eigenvalue weighted by Gasteiger charge is -2.11. The summed E-state index contributed by atoms with van der Waals surface area (Å²) in [5.74, 6) is 1.83. The van der Waals surface area contributed by atoms with Gasteiger partial charge in [-0.3, -0.25) is 8.97 Å². The molecule has 258 valence electrons. The third-order valence-corrected chi connectivity index (χ3v) is 11.4. The second-order valence-electron chi connectivity index (χ2n) is 13.6. The molecular formula is C48H30N6S. The molecule has 0 atom stereocenters. The number of benzene rings is 7. The molecule has 0 saturated heterocycles. The van der Waals surface area contributed by atoms with Gasteiger partial charge in [0.1, 0.15) is 0 Å². The summed E-state index contributed by atoms with van der Waals surface area (Å²) in [5.41, 5.74) is 11.8. The van der Waals surface area contributed by atoms with Crippen LogP contribution in [0.4, 0.5) is 0 Å². The number of para-hydroxylation sites is 1. The molecule has 0 aliphatic heterocycles. The summed E-state index contributed by atoms with van der Waals surface area (Å²) in [4.78, 5) is 21.4. The quantitative estimate of drug-likeness (QED) is 0.171. The first kappa shape index (κ1) is 31.3. The van der Waals surface area contributed by atoms with E-state index in [0.717, 1.165) is 49.2 Å². The van der Waals surface area contributed by atoms with E-state index in [0.29, 0.717) is 17.6 Å². The molecule has 0 radical (unpaired) electrons. The third kappa shape index (κ3) is 5.24. The number of hydrogen-bond donors (Lipinski definition) is 0. The molecule has 0 bridgehead atoms. The Balaban J connectivity index is 1.10. The zero-order chi connectivity index (χ0) is 36.3. The predicted molar refractivity (Wildman–Crippen MR) is 225 cm³/mol.